The highest BCUT2D eigenvalue weighted by Gasteiger charge is 2.21. The van der Waals surface area contributed by atoms with Crippen LogP contribution in [0.15, 0.2) is 30.5 Å². The normalized spacial score (nSPS) is 15.6. The highest BCUT2D eigenvalue weighted by atomic mass is 16.3. The van der Waals surface area contributed by atoms with E-state index in [-0.39, 0.29) is 12.0 Å². The monoisotopic (exact) mass is 218 g/mol. The number of nitrogens with one attached hydrogen (secondary N) is 1. The molecule has 0 saturated heterocycles. The van der Waals surface area contributed by atoms with Gasteiger partial charge in [-0.15, -0.1) is 0 Å². The predicted octanol–water partition coefficient (Wildman–Crippen LogP) is 2.18. The minimum Gasteiger partial charge on any atom is -0.391 e. The number of benzene rings is 1. The maximum absolute atomic E-state index is 10.0. The van der Waals surface area contributed by atoms with Gasteiger partial charge in [0.15, 0.2) is 0 Å². The molecule has 4 N–H and O–H groups in total. The number of rotatable bonds is 3. The molecule has 3 nitrogen and oxygen atoms in total. The average Bonchev–Trinajstić information content (AvgIpc) is 2.74. The van der Waals surface area contributed by atoms with Crippen molar-refractivity contribution in [1.29, 1.82) is 0 Å². The van der Waals surface area contributed by atoms with Gasteiger partial charge in [-0.2, -0.15) is 0 Å². The number of hydrogen-bond donors (Lipinski definition) is 3. The molecular formula is C13H18N2O. The van der Waals surface area contributed by atoms with Crippen molar-refractivity contribution in [3.63, 3.8) is 0 Å². The Balaban J connectivity index is 2.42. The largest absolute Gasteiger partial charge is 0.391 e. The molecule has 0 aliphatic carbocycles. The maximum atomic E-state index is 10.0. The van der Waals surface area contributed by atoms with Crippen molar-refractivity contribution in [1.82, 2.24) is 4.98 Å². The molecule has 86 valence electrons. The van der Waals surface area contributed by atoms with Gasteiger partial charge in [0.25, 0.3) is 0 Å². The molecule has 1 aromatic heterocycles. The first-order chi connectivity index (χ1) is 7.61. The number of aliphatic hydroxyl groups is 1. The van der Waals surface area contributed by atoms with Crippen molar-refractivity contribution >= 4 is 10.9 Å². The molecule has 0 aliphatic heterocycles. The van der Waals surface area contributed by atoms with Crippen molar-refractivity contribution in [3.05, 3.63) is 36.0 Å². The van der Waals surface area contributed by atoms with E-state index in [0.717, 1.165) is 16.5 Å². The lowest BCUT2D eigenvalue weighted by Crippen LogP contribution is -2.30. The summed E-state index contributed by atoms with van der Waals surface area (Å²) in [4.78, 5) is 3.15. The number of nitrogens with two attached hydrogens (primary N) is 1. The number of fused-ring (bicyclic) bond motifs is 1. The van der Waals surface area contributed by atoms with E-state index in [2.05, 4.69) is 4.98 Å². The number of H-pyrrole nitrogens is 1. The minimum absolute atomic E-state index is 0.157. The quantitative estimate of drug-likeness (QED) is 0.739. The zero-order valence-electron chi connectivity index (χ0n) is 9.64. The van der Waals surface area contributed by atoms with Gasteiger partial charge >= 0.3 is 0 Å². The van der Waals surface area contributed by atoms with Crippen LogP contribution in [0.4, 0.5) is 0 Å². The third-order valence-electron chi connectivity index (χ3n) is 3.04. The predicted molar refractivity (Wildman–Crippen MR) is 66.1 cm³/mol. The van der Waals surface area contributed by atoms with Crippen LogP contribution in [-0.4, -0.2) is 16.2 Å². The molecule has 0 unspecified atom stereocenters. The minimum atomic E-state index is -0.513. The van der Waals surface area contributed by atoms with Crippen molar-refractivity contribution < 1.29 is 5.11 Å². The van der Waals surface area contributed by atoms with E-state index in [9.17, 15) is 5.11 Å². The zero-order chi connectivity index (χ0) is 11.7. The van der Waals surface area contributed by atoms with Crippen LogP contribution < -0.4 is 5.73 Å². The summed E-state index contributed by atoms with van der Waals surface area (Å²) in [5.41, 5.74) is 8.16. The first-order valence-electron chi connectivity index (χ1n) is 5.61. The molecule has 0 saturated carbocycles. The van der Waals surface area contributed by atoms with Crippen LogP contribution in [0.25, 0.3) is 10.9 Å². The summed E-state index contributed by atoms with van der Waals surface area (Å²) in [6, 6.07) is 7.61. The van der Waals surface area contributed by atoms with E-state index in [0.29, 0.717) is 0 Å². The summed E-state index contributed by atoms with van der Waals surface area (Å²) in [6.45, 7) is 3.95. The lowest BCUT2D eigenvalue weighted by molar-refractivity contribution is 0.0984. The fourth-order valence-electron chi connectivity index (χ4n) is 2.00. The van der Waals surface area contributed by atoms with Gasteiger partial charge in [-0.1, -0.05) is 26.0 Å². The average molecular weight is 218 g/mol. The van der Waals surface area contributed by atoms with Crippen LogP contribution in [-0.2, 0) is 0 Å². The van der Waals surface area contributed by atoms with E-state index in [1.54, 1.807) is 0 Å². The molecule has 2 aromatic rings. The molecule has 1 heterocycles. The summed E-state index contributed by atoms with van der Waals surface area (Å²) in [7, 11) is 0. The molecular weight excluding hydrogens is 200 g/mol. The van der Waals surface area contributed by atoms with Crippen molar-refractivity contribution in [2.75, 3.05) is 0 Å². The number of aromatic nitrogens is 1. The maximum Gasteiger partial charge on any atom is 0.0755 e. The van der Waals surface area contributed by atoms with Crippen LogP contribution in [0.5, 0.6) is 0 Å². The molecule has 0 bridgehead atoms. The smallest absolute Gasteiger partial charge is 0.0755 e. The Bertz CT molecular complexity index is 475. The second kappa shape index (κ2) is 4.28. The summed E-state index contributed by atoms with van der Waals surface area (Å²) >= 11 is 0. The fourth-order valence-corrected chi connectivity index (χ4v) is 2.00. The Hall–Kier alpha value is -1.32. The van der Waals surface area contributed by atoms with Crippen LogP contribution in [0.3, 0.4) is 0 Å². The Morgan fingerprint density at radius 1 is 1.25 bits per heavy atom. The molecule has 0 amide bonds. The van der Waals surface area contributed by atoms with Crippen LogP contribution >= 0.6 is 0 Å². The second-order valence-electron chi connectivity index (χ2n) is 4.55. The van der Waals surface area contributed by atoms with E-state index in [4.69, 9.17) is 5.73 Å². The first-order valence-corrected chi connectivity index (χ1v) is 5.61. The summed E-state index contributed by atoms with van der Waals surface area (Å²) < 4.78 is 0. The van der Waals surface area contributed by atoms with Crippen LogP contribution in [0.1, 0.15) is 25.5 Å². The SMILES string of the molecule is CC(C)[C@H](O)[C@H](N)c1cccc2[nH]ccc12. The molecule has 16 heavy (non-hydrogen) atoms. The van der Waals surface area contributed by atoms with Crippen molar-refractivity contribution in [3.8, 4) is 0 Å². The van der Waals surface area contributed by atoms with E-state index in [1.807, 2.05) is 44.3 Å². The second-order valence-corrected chi connectivity index (χ2v) is 4.55. The van der Waals surface area contributed by atoms with Crippen molar-refractivity contribution in [2.24, 2.45) is 11.7 Å². The van der Waals surface area contributed by atoms with Crippen LogP contribution in [0, 0.1) is 5.92 Å². The molecule has 2 rings (SSSR count). The first kappa shape index (κ1) is 11.2. The molecule has 3 heteroatoms. The van der Waals surface area contributed by atoms with Crippen molar-refractivity contribution in [2.45, 2.75) is 26.0 Å². The van der Waals surface area contributed by atoms with Crippen LogP contribution in [0.2, 0.25) is 0 Å². The number of aromatic amines is 1. The van der Waals surface area contributed by atoms with Gasteiger partial charge in [-0.3, -0.25) is 0 Å². The highest BCUT2D eigenvalue weighted by Crippen LogP contribution is 2.26. The Morgan fingerprint density at radius 2 is 2.00 bits per heavy atom. The third-order valence-corrected chi connectivity index (χ3v) is 3.04. The molecule has 0 aliphatic rings. The van der Waals surface area contributed by atoms with Gasteiger partial charge in [0, 0.05) is 17.1 Å². The Kier molecular flexibility index (Phi) is 2.99. The van der Waals surface area contributed by atoms with Gasteiger partial charge < -0.3 is 15.8 Å². The molecule has 0 fully saturated rings. The number of hydrogen-bond acceptors (Lipinski definition) is 2. The third kappa shape index (κ3) is 1.84. The summed E-state index contributed by atoms with van der Waals surface area (Å²) in [5.74, 6) is 0.157. The summed E-state index contributed by atoms with van der Waals surface area (Å²) in [6.07, 6.45) is 1.38. The van der Waals surface area contributed by atoms with Gasteiger partial charge in [0.05, 0.1) is 12.1 Å². The molecule has 2 atom stereocenters. The van der Waals surface area contributed by atoms with Gasteiger partial charge in [-0.05, 0) is 23.6 Å². The molecule has 0 radical (unpaired) electrons. The lowest BCUT2D eigenvalue weighted by atomic mass is 9.92. The lowest BCUT2D eigenvalue weighted by Gasteiger charge is -2.23. The van der Waals surface area contributed by atoms with E-state index in [1.165, 1.54) is 0 Å². The Morgan fingerprint density at radius 3 is 2.69 bits per heavy atom. The van der Waals surface area contributed by atoms with E-state index < -0.39 is 6.10 Å². The van der Waals surface area contributed by atoms with Gasteiger partial charge in [0.1, 0.15) is 0 Å². The van der Waals surface area contributed by atoms with Gasteiger partial charge in [-0.25, -0.2) is 0 Å². The molecule has 0 spiro atoms. The zero-order valence-corrected chi connectivity index (χ0v) is 9.64. The number of aliphatic hydroxyl groups excluding tert-OH is 1. The topological polar surface area (TPSA) is 62.0 Å². The summed E-state index contributed by atoms with van der Waals surface area (Å²) in [5, 5.41) is 11.1. The Labute approximate surface area is 95.3 Å². The van der Waals surface area contributed by atoms with Gasteiger partial charge in [0.2, 0.25) is 0 Å². The van der Waals surface area contributed by atoms with E-state index >= 15 is 0 Å². The molecule has 1 aromatic carbocycles. The fraction of sp³-hybridized carbons (Fsp3) is 0.385. The standard InChI is InChI=1S/C13H18N2O/c1-8(2)13(16)12(14)10-4-3-5-11-9(10)6-7-15-11/h3-8,12-13,15-16H,14H2,1-2H3/t12-,13+/m1/s1. The highest BCUT2D eigenvalue weighted by molar-refractivity contribution is 5.83.